The summed E-state index contributed by atoms with van der Waals surface area (Å²) in [5.41, 5.74) is -1.02. The van der Waals surface area contributed by atoms with Gasteiger partial charge in [-0.1, -0.05) is 13.3 Å². The quantitative estimate of drug-likeness (QED) is 0.539. The second kappa shape index (κ2) is 8.16. The topological polar surface area (TPSA) is 101 Å². The Balaban J connectivity index is 2.04. The van der Waals surface area contributed by atoms with Crippen molar-refractivity contribution in [2.75, 3.05) is 17.6 Å². The molecule has 29 heavy (non-hydrogen) atoms. The van der Waals surface area contributed by atoms with Crippen LogP contribution in [0.4, 0.5) is 14.5 Å². The lowest BCUT2D eigenvalue weighted by Crippen LogP contribution is -2.19. The van der Waals surface area contributed by atoms with Gasteiger partial charge in [-0.25, -0.2) is 22.2 Å². The summed E-state index contributed by atoms with van der Waals surface area (Å²) >= 11 is 0. The fourth-order valence-electron chi connectivity index (χ4n) is 2.81. The largest absolute Gasteiger partial charge is 0.495 e. The van der Waals surface area contributed by atoms with E-state index in [1.807, 2.05) is 6.92 Å². The van der Waals surface area contributed by atoms with E-state index in [-0.39, 0.29) is 11.3 Å². The summed E-state index contributed by atoms with van der Waals surface area (Å²) in [6.07, 6.45) is 3.74. The van der Waals surface area contributed by atoms with Gasteiger partial charge in [-0.15, -0.1) is 0 Å². The zero-order valence-corrected chi connectivity index (χ0v) is 16.6. The van der Waals surface area contributed by atoms with Gasteiger partial charge in [0.25, 0.3) is 0 Å². The van der Waals surface area contributed by atoms with E-state index in [0.29, 0.717) is 29.6 Å². The first-order valence-corrected chi connectivity index (χ1v) is 10.5. The molecule has 0 bridgehead atoms. The molecule has 3 rings (SSSR count). The van der Waals surface area contributed by atoms with Crippen molar-refractivity contribution in [3.05, 3.63) is 53.4 Å². The number of rotatable bonds is 8. The number of aromatic nitrogens is 2. The van der Waals surface area contributed by atoms with E-state index < -0.39 is 38.7 Å². The zero-order chi connectivity index (χ0) is 21.2. The lowest BCUT2D eigenvalue weighted by molar-refractivity contribution is 0.103. The number of sulfonamides is 1. The molecule has 2 aromatic heterocycles. The molecule has 0 fully saturated rings. The SMILES string of the molecule is CCCCS(=O)(=O)Nc1ccc(F)c(C(=O)c2c[nH]c3ncc(OC)cc23)c1F. The van der Waals surface area contributed by atoms with Gasteiger partial charge < -0.3 is 9.72 Å². The number of ether oxygens (including phenoxy) is 1. The molecule has 0 aliphatic rings. The molecule has 0 spiro atoms. The van der Waals surface area contributed by atoms with Crippen molar-refractivity contribution in [3.8, 4) is 5.75 Å². The molecule has 3 aromatic rings. The van der Waals surface area contributed by atoms with Crippen LogP contribution in [0.3, 0.4) is 0 Å². The second-order valence-corrected chi connectivity index (χ2v) is 8.20. The highest BCUT2D eigenvalue weighted by molar-refractivity contribution is 7.92. The number of benzene rings is 1. The van der Waals surface area contributed by atoms with Gasteiger partial charge in [-0.05, 0) is 24.6 Å². The number of anilines is 1. The van der Waals surface area contributed by atoms with E-state index in [4.69, 9.17) is 4.74 Å². The Morgan fingerprint density at radius 2 is 2.07 bits per heavy atom. The van der Waals surface area contributed by atoms with Crippen molar-refractivity contribution in [2.45, 2.75) is 19.8 Å². The standard InChI is InChI=1S/C19H19F2N3O4S/c1-3-4-7-29(26,27)24-15-6-5-14(20)16(17(15)21)18(25)13-10-23-19-12(13)8-11(28-2)9-22-19/h5-6,8-10,24H,3-4,7H2,1-2H3,(H,22,23). The fourth-order valence-corrected chi connectivity index (χ4v) is 4.07. The van der Waals surface area contributed by atoms with Crippen LogP contribution in [-0.4, -0.2) is 37.0 Å². The number of carbonyl (C=O) groups excluding carboxylic acids is 1. The van der Waals surface area contributed by atoms with Crippen LogP contribution in [0, 0.1) is 11.6 Å². The average Bonchev–Trinajstić information content (AvgIpc) is 3.11. The molecule has 0 aliphatic carbocycles. The average molecular weight is 423 g/mol. The van der Waals surface area contributed by atoms with Crippen LogP contribution in [-0.2, 0) is 10.0 Å². The Bertz CT molecular complexity index is 1180. The van der Waals surface area contributed by atoms with Gasteiger partial charge in [0.2, 0.25) is 15.8 Å². The molecular formula is C19H19F2N3O4S. The predicted molar refractivity (Wildman–Crippen MR) is 105 cm³/mol. The molecule has 7 nitrogen and oxygen atoms in total. The smallest absolute Gasteiger partial charge is 0.232 e. The molecule has 0 aliphatic heterocycles. The first-order valence-electron chi connectivity index (χ1n) is 8.81. The van der Waals surface area contributed by atoms with Crippen LogP contribution >= 0.6 is 0 Å². The van der Waals surface area contributed by atoms with E-state index in [1.54, 1.807) is 0 Å². The minimum atomic E-state index is -3.83. The number of unbranched alkanes of at least 4 members (excludes halogenated alkanes) is 1. The molecule has 2 N–H and O–H groups in total. The van der Waals surface area contributed by atoms with E-state index in [9.17, 15) is 22.0 Å². The number of pyridine rings is 1. The van der Waals surface area contributed by atoms with Gasteiger partial charge in [-0.2, -0.15) is 0 Å². The van der Waals surface area contributed by atoms with Crippen LogP contribution in [0.1, 0.15) is 35.7 Å². The number of nitrogens with one attached hydrogen (secondary N) is 2. The molecule has 0 amide bonds. The molecule has 0 radical (unpaired) electrons. The van der Waals surface area contributed by atoms with Crippen molar-refractivity contribution in [1.29, 1.82) is 0 Å². The van der Waals surface area contributed by atoms with Crippen molar-refractivity contribution < 1.29 is 26.7 Å². The van der Waals surface area contributed by atoms with Crippen LogP contribution in [0.15, 0.2) is 30.6 Å². The monoisotopic (exact) mass is 423 g/mol. The van der Waals surface area contributed by atoms with Crippen LogP contribution in [0.25, 0.3) is 11.0 Å². The molecule has 1 aromatic carbocycles. The Morgan fingerprint density at radius 3 is 2.76 bits per heavy atom. The Morgan fingerprint density at radius 1 is 1.31 bits per heavy atom. The summed E-state index contributed by atoms with van der Waals surface area (Å²) in [5.74, 6) is -3.17. The summed E-state index contributed by atoms with van der Waals surface area (Å²) in [7, 11) is -2.41. The number of nitrogens with zero attached hydrogens (tertiary/aromatic N) is 1. The number of H-pyrrole nitrogens is 1. The third-order valence-electron chi connectivity index (χ3n) is 4.34. The number of hydrogen-bond donors (Lipinski definition) is 2. The lowest BCUT2D eigenvalue weighted by Gasteiger charge is -2.11. The number of ketones is 1. The molecule has 0 unspecified atom stereocenters. The van der Waals surface area contributed by atoms with Crippen molar-refractivity contribution in [2.24, 2.45) is 0 Å². The number of methoxy groups -OCH3 is 1. The predicted octanol–water partition coefficient (Wildman–Crippen LogP) is 3.62. The summed E-state index contributed by atoms with van der Waals surface area (Å²) in [4.78, 5) is 19.7. The highest BCUT2D eigenvalue weighted by atomic mass is 32.2. The number of fused-ring (bicyclic) bond motifs is 1. The summed E-state index contributed by atoms with van der Waals surface area (Å²) < 4.78 is 60.6. The molecular weight excluding hydrogens is 404 g/mol. The first kappa shape index (κ1) is 20.7. The normalized spacial score (nSPS) is 11.6. The fraction of sp³-hybridized carbons (Fsp3) is 0.263. The Labute approximate surface area is 166 Å². The summed E-state index contributed by atoms with van der Waals surface area (Å²) in [6.45, 7) is 1.82. The Kier molecular flexibility index (Phi) is 5.83. The van der Waals surface area contributed by atoms with E-state index in [1.165, 1.54) is 25.6 Å². The van der Waals surface area contributed by atoms with Gasteiger partial charge in [-0.3, -0.25) is 9.52 Å². The maximum atomic E-state index is 14.9. The molecule has 154 valence electrons. The Hall–Kier alpha value is -3.01. The number of carbonyl (C=O) groups is 1. The van der Waals surface area contributed by atoms with Crippen LogP contribution < -0.4 is 9.46 Å². The van der Waals surface area contributed by atoms with E-state index in [2.05, 4.69) is 14.7 Å². The minimum Gasteiger partial charge on any atom is -0.495 e. The second-order valence-electron chi connectivity index (χ2n) is 6.36. The van der Waals surface area contributed by atoms with E-state index in [0.717, 1.165) is 12.1 Å². The summed E-state index contributed by atoms with van der Waals surface area (Å²) in [6, 6.07) is 3.31. The molecule has 0 saturated carbocycles. The summed E-state index contributed by atoms with van der Waals surface area (Å²) in [5, 5.41) is 0.321. The highest BCUT2D eigenvalue weighted by Gasteiger charge is 2.26. The molecule has 2 heterocycles. The molecule has 10 heteroatoms. The van der Waals surface area contributed by atoms with Gasteiger partial charge in [0.1, 0.15) is 17.2 Å². The molecule has 0 saturated heterocycles. The zero-order valence-electron chi connectivity index (χ0n) is 15.8. The number of aromatic amines is 1. The van der Waals surface area contributed by atoms with Gasteiger partial charge >= 0.3 is 0 Å². The third kappa shape index (κ3) is 4.21. The minimum absolute atomic E-state index is 0.0183. The maximum Gasteiger partial charge on any atom is 0.232 e. The third-order valence-corrected chi connectivity index (χ3v) is 5.69. The lowest BCUT2D eigenvalue weighted by atomic mass is 10.0. The van der Waals surface area contributed by atoms with Gasteiger partial charge in [0.05, 0.1) is 30.3 Å². The van der Waals surface area contributed by atoms with Crippen molar-refractivity contribution >= 4 is 32.5 Å². The highest BCUT2D eigenvalue weighted by Crippen LogP contribution is 2.28. The van der Waals surface area contributed by atoms with Crippen LogP contribution in [0.2, 0.25) is 0 Å². The first-order chi connectivity index (χ1) is 13.8. The van der Waals surface area contributed by atoms with Gasteiger partial charge in [0, 0.05) is 17.1 Å². The van der Waals surface area contributed by atoms with Crippen LogP contribution in [0.5, 0.6) is 5.75 Å². The maximum absolute atomic E-state index is 14.9. The molecule has 0 atom stereocenters. The van der Waals surface area contributed by atoms with Crippen molar-refractivity contribution in [3.63, 3.8) is 0 Å². The number of halogens is 2. The van der Waals surface area contributed by atoms with Crippen molar-refractivity contribution in [1.82, 2.24) is 9.97 Å². The van der Waals surface area contributed by atoms with Gasteiger partial charge in [0.15, 0.2) is 5.82 Å². The van der Waals surface area contributed by atoms with E-state index >= 15 is 0 Å². The number of hydrogen-bond acceptors (Lipinski definition) is 5.